The van der Waals surface area contributed by atoms with Gasteiger partial charge < -0.3 is 10.2 Å². The number of aryl methyl sites for hydroxylation is 1. The van der Waals surface area contributed by atoms with Gasteiger partial charge in [0.05, 0.1) is 12.2 Å². The van der Waals surface area contributed by atoms with E-state index in [1.54, 1.807) is 11.3 Å². The van der Waals surface area contributed by atoms with Gasteiger partial charge in [-0.05, 0) is 30.9 Å². The molecule has 1 aliphatic rings. The summed E-state index contributed by atoms with van der Waals surface area (Å²) in [5.74, 6) is 0.455. The van der Waals surface area contributed by atoms with Crippen molar-refractivity contribution in [3.8, 4) is 0 Å². The van der Waals surface area contributed by atoms with Crippen molar-refractivity contribution in [3.05, 3.63) is 40.9 Å². The Balaban J connectivity index is 1.55. The third-order valence-corrected chi connectivity index (χ3v) is 5.71. The number of amides is 1. The molecule has 2 aromatic rings. The minimum atomic E-state index is 0.0663. The van der Waals surface area contributed by atoms with Crippen molar-refractivity contribution in [1.29, 1.82) is 0 Å². The van der Waals surface area contributed by atoms with Gasteiger partial charge in [-0.15, -0.1) is 11.3 Å². The first-order chi connectivity index (χ1) is 12.5. The van der Waals surface area contributed by atoms with E-state index in [2.05, 4.69) is 45.4 Å². The predicted molar refractivity (Wildman–Crippen MR) is 109 cm³/mol. The van der Waals surface area contributed by atoms with E-state index < -0.39 is 0 Å². The zero-order chi connectivity index (χ0) is 18.5. The van der Waals surface area contributed by atoms with E-state index in [4.69, 9.17) is 0 Å². The van der Waals surface area contributed by atoms with Gasteiger partial charge in [0.2, 0.25) is 5.91 Å². The molecular weight excluding hydrogens is 344 g/mol. The molecule has 0 radical (unpaired) electrons. The molecular formula is C20H28N4OS. The van der Waals surface area contributed by atoms with Gasteiger partial charge in [0.25, 0.3) is 0 Å². The minimum Gasteiger partial charge on any atom is -0.347 e. The molecule has 0 atom stereocenters. The lowest BCUT2D eigenvalue weighted by atomic mass is 10.0. The summed E-state index contributed by atoms with van der Waals surface area (Å²) in [4.78, 5) is 21.7. The van der Waals surface area contributed by atoms with Crippen molar-refractivity contribution in [2.45, 2.75) is 33.1 Å². The lowest BCUT2D eigenvalue weighted by Gasteiger charge is -2.21. The summed E-state index contributed by atoms with van der Waals surface area (Å²) in [6, 6.07) is 8.07. The van der Waals surface area contributed by atoms with E-state index in [0.717, 1.165) is 49.1 Å². The fraction of sp³-hybridized carbons (Fsp3) is 0.500. The lowest BCUT2D eigenvalue weighted by molar-refractivity contribution is -0.117. The van der Waals surface area contributed by atoms with Gasteiger partial charge in [-0.3, -0.25) is 9.69 Å². The summed E-state index contributed by atoms with van der Waals surface area (Å²) in [5, 5.41) is 6.29. The van der Waals surface area contributed by atoms with Crippen LogP contribution in [0.5, 0.6) is 0 Å². The zero-order valence-corrected chi connectivity index (χ0v) is 16.7. The molecule has 0 unspecified atom stereocenters. The highest BCUT2D eigenvalue weighted by atomic mass is 32.1. The van der Waals surface area contributed by atoms with Crippen molar-refractivity contribution in [3.63, 3.8) is 0 Å². The second-order valence-electron chi connectivity index (χ2n) is 7.18. The molecule has 26 heavy (non-hydrogen) atoms. The predicted octanol–water partition coefficient (Wildman–Crippen LogP) is 3.73. The molecule has 0 spiro atoms. The first kappa shape index (κ1) is 18.9. The molecule has 1 aliphatic heterocycles. The number of benzene rings is 1. The van der Waals surface area contributed by atoms with E-state index in [-0.39, 0.29) is 5.91 Å². The van der Waals surface area contributed by atoms with E-state index in [0.29, 0.717) is 12.5 Å². The molecule has 1 saturated heterocycles. The molecule has 1 N–H and O–H groups in total. The normalized spacial score (nSPS) is 15.9. The van der Waals surface area contributed by atoms with Crippen molar-refractivity contribution in [2.75, 3.05) is 42.9 Å². The third-order valence-electron chi connectivity index (χ3n) is 4.69. The smallest absolute Gasteiger partial charge is 0.238 e. The van der Waals surface area contributed by atoms with E-state index in [1.165, 1.54) is 5.56 Å². The van der Waals surface area contributed by atoms with Crippen LogP contribution in [0.2, 0.25) is 0 Å². The molecule has 0 saturated carbocycles. The maximum absolute atomic E-state index is 12.5. The number of aromatic nitrogens is 1. The van der Waals surface area contributed by atoms with Gasteiger partial charge in [0.1, 0.15) is 0 Å². The van der Waals surface area contributed by atoms with Crippen LogP contribution < -0.4 is 10.2 Å². The fourth-order valence-electron chi connectivity index (χ4n) is 3.31. The van der Waals surface area contributed by atoms with Crippen LogP contribution in [-0.2, 0) is 4.79 Å². The summed E-state index contributed by atoms with van der Waals surface area (Å²) in [7, 11) is 0. The number of carbonyl (C=O) groups is 1. The Bertz CT molecular complexity index is 743. The van der Waals surface area contributed by atoms with E-state index in [9.17, 15) is 4.79 Å². The Hall–Kier alpha value is -1.92. The minimum absolute atomic E-state index is 0.0663. The number of rotatable bonds is 5. The number of carbonyl (C=O) groups excluding carboxylic acids is 1. The number of nitrogens with one attached hydrogen (secondary N) is 1. The van der Waals surface area contributed by atoms with Crippen LogP contribution in [0.1, 0.15) is 37.4 Å². The topological polar surface area (TPSA) is 48.5 Å². The summed E-state index contributed by atoms with van der Waals surface area (Å²) in [6.45, 7) is 10.5. The van der Waals surface area contributed by atoms with Gasteiger partial charge in [-0.1, -0.05) is 32.0 Å². The van der Waals surface area contributed by atoms with E-state index in [1.807, 2.05) is 25.1 Å². The lowest BCUT2D eigenvalue weighted by Crippen LogP contribution is -2.36. The highest BCUT2D eigenvalue weighted by Crippen LogP contribution is 2.24. The molecule has 2 heterocycles. The molecule has 1 aromatic heterocycles. The van der Waals surface area contributed by atoms with Gasteiger partial charge in [-0.25, -0.2) is 4.98 Å². The first-order valence-corrected chi connectivity index (χ1v) is 10.2. The van der Waals surface area contributed by atoms with Gasteiger partial charge >= 0.3 is 0 Å². The molecule has 5 nitrogen and oxygen atoms in total. The quantitative estimate of drug-likeness (QED) is 0.869. The molecule has 1 fully saturated rings. The van der Waals surface area contributed by atoms with Crippen molar-refractivity contribution >= 4 is 28.1 Å². The standard InChI is InChI=1S/C20H28N4OS/c1-15(2)17-7-4-5-8-18(17)22-19(25)13-23-9-6-10-24(12-11-23)20-21-16(3)14-26-20/h4-5,7-8,14-15H,6,9-13H2,1-3H3,(H,22,25). The van der Waals surface area contributed by atoms with Crippen molar-refractivity contribution < 1.29 is 4.79 Å². The van der Waals surface area contributed by atoms with Crippen molar-refractivity contribution in [2.24, 2.45) is 0 Å². The third kappa shape index (κ3) is 4.83. The number of anilines is 2. The maximum Gasteiger partial charge on any atom is 0.238 e. The van der Waals surface area contributed by atoms with Crippen LogP contribution in [0, 0.1) is 6.92 Å². The number of para-hydroxylation sites is 1. The number of hydrogen-bond donors (Lipinski definition) is 1. The summed E-state index contributed by atoms with van der Waals surface area (Å²) in [5.41, 5.74) is 3.19. The van der Waals surface area contributed by atoms with Crippen LogP contribution >= 0.6 is 11.3 Å². The van der Waals surface area contributed by atoms with Crippen LogP contribution in [0.4, 0.5) is 10.8 Å². The Morgan fingerprint density at radius 1 is 1.23 bits per heavy atom. The molecule has 3 rings (SSSR count). The van der Waals surface area contributed by atoms with Gasteiger partial charge in [0.15, 0.2) is 5.13 Å². The summed E-state index contributed by atoms with van der Waals surface area (Å²) < 4.78 is 0. The summed E-state index contributed by atoms with van der Waals surface area (Å²) in [6.07, 6.45) is 1.05. The zero-order valence-electron chi connectivity index (χ0n) is 15.9. The molecule has 140 valence electrons. The fourth-order valence-corrected chi connectivity index (χ4v) is 4.17. The summed E-state index contributed by atoms with van der Waals surface area (Å²) >= 11 is 1.70. The molecule has 6 heteroatoms. The monoisotopic (exact) mass is 372 g/mol. The Morgan fingerprint density at radius 3 is 2.77 bits per heavy atom. The number of thiazole rings is 1. The van der Waals surface area contributed by atoms with Crippen LogP contribution in [0.3, 0.4) is 0 Å². The SMILES string of the molecule is Cc1csc(N2CCCN(CC(=O)Nc3ccccc3C(C)C)CC2)n1. The van der Waals surface area contributed by atoms with Gasteiger partial charge in [-0.2, -0.15) is 0 Å². The highest BCUT2D eigenvalue weighted by Gasteiger charge is 2.19. The largest absolute Gasteiger partial charge is 0.347 e. The van der Waals surface area contributed by atoms with E-state index >= 15 is 0 Å². The first-order valence-electron chi connectivity index (χ1n) is 9.31. The molecule has 0 bridgehead atoms. The second-order valence-corrected chi connectivity index (χ2v) is 8.01. The Labute approximate surface area is 160 Å². The van der Waals surface area contributed by atoms with Crippen LogP contribution in [-0.4, -0.2) is 48.5 Å². The average molecular weight is 373 g/mol. The van der Waals surface area contributed by atoms with Gasteiger partial charge in [0, 0.05) is 37.2 Å². The second kappa shape index (κ2) is 8.64. The Kier molecular flexibility index (Phi) is 6.27. The van der Waals surface area contributed by atoms with Crippen molar-refractivity contribution in [1.82, 2.24) is 9.88 Å². The number of nitrogens with zero attached hydrogens (tertiary/aromatic N) is 3. The molecule has 1 aromatic carbocycles. The van der Waals surface area contributed by atoms with Crippen LogP contribution in [0.25, 0.3) is 0 Å². The molecule has 0 aliphatic carbocycles. The highest BCUT2D eigenvalue weighted by molar-refractivity contribution is 7.13. The average Bonchev–Trinajstić information content (AvgIpc) is 2.90. The van der Waals surface area contributed by atoms with Crippen LogP contribution in [0.15, 0.2) is 29.6 Å². The maximum atomic E-state index is 12.5. The number of hydrogen-bond acceptors (Lipinski definition) is 5. The Morgan fingerprint density at radius 2 is 2.04 bits per heavy atom. The molecule has 1 amide bonds.